The summed E-state index contributed by atoms with van der Waals surface area (Å²) in [6.07, 6.45) is 1.58. The molecule has 0 aliphatic heterocycles. The maximum absolute atomic E-state index is 11.0. The van der Waals surface area contributed by atoms with E-state index in [-0.39, 0.29) is 12.4 Å². The highest BCUT2D eigenvalue weighted by molar-refractivity contribution is 5.91. The summed E-state index contributed by atoms with van der Waals surface area (Å²) in [6, 6.07) is 0. The molecule has 0 saturated heterocycles. The van der Waals surface area contributed by atoms with Gasteiger partial charge >= 0.3 is 0 Å². The molecular weight excluding hydrogens is 156 g/mol. The van der Waals surface area contributed by atoms with Gasteiger partial charge in [0, 0.05) is 7.11 Å². The van der Waals surface area contributed by atoms with E-state index in [0.29, 0.717) is 13.2 Å². The van der Waals surface area contributed by atoms with E-state index >= 15 is 0 Å². The lowest BCUT2D eigenvalue weighted by molar-refractivity contribution is -0.119. The Morgan fingerprint density at radius 2 is 2.00 bits per heavy atom. The molecule has 0 bridgehead atoms. The number of hydrogen-bond acceptors (Lipinski definition) is 3. The number of rotatable bonds is 6. The van der Waals surface area contributed by atoms with Crippen LogP contribution in [-0.4, -0.2) is 32.7 Å². The van der Waals surface area contributed by atoms with Crippen molar-refractivity contribution in [1.82, 2.24) is 0 Å². The minimum Gasteiger partial charge on any atom is -0.382 e. The third kappa shape index (κ3) is 7.44. The number of ketones is 1. The number of ether oxygens (including phenoxy) is 2. The number of carbonyl (C=O) groups is 1. The Morgan fingerprint density at radius 3 is 2.50 bits per heavy atom. The lowest BCUT2D eigenvalue weighted by atomic mass is 10.2. The molecular formula is C9H16O3. The van der Waals surface area contributed by atoms with E-state index in [0.717, 1.165) is 5.57 Å². The van der Waals surface area contributed by atoms with E-state index in [9.17, 15) is 4.79 Å². The molecule has 3 heteroatoms. The molecule has 0 aliphatic rings. The number of methoxy groups -OCH3 is 1. The molecule has 0 saturated carbocycles. The molecule has 0 rings (SSSR count). The van der Waals surface area contributed by atoms with Crippen molar-refractivity contribution < 1.29 is 14.3 Å². The van der Waals surface area contributed by atoms with Crippen molar-refractivity contribution in [3.8, 4) is 0 Å². The van der Waals surface area contributed by atoms with Crippen LogP contribution in [0.5, 0.6) is 0 Å². The first-order chi connectivity index (χ1) is 5.66. The van der Waals surface area contributed by atoms with Crippen LogP contribution in [0.3, 0.4) is 0 Å². The van der Waals surface area contributed by atoms with Crippen LogP contribution in [-0.2, 0) is 14.3 Å². The van der Waals surface area contributed by atoms with Crippen LogP contribution in [0.25, 0.3) is 0 Å². The fraction of sp³-hybridized carbons (Fsp3) is 0.667. The van der Waals surface area contributed by atoms with E-state index < -0.39 is 0 Å². The summed E-state index contributed by atoms with van der Waals surface area (Å²) in [5.74, 6) is 0.00565. The van der Waals surface area contributed by atoms with Crippen molar-refractivity contribution in [3.63, 3.8) is 0 Å². The molecule has 0 aliphatic carbocycles. The summed E-state index contributed by atoms with van der Waals surface area (Å²) in [5.41, 5.74) is 0.996. The van der Waals surface area contributed by atoms with Gasteiger partial charge in [-0.3, -0.25) is 4.79 Å². The second-order valence-electron chi connectivity index (χ2n) is 2.73. The van der Waals surface area contributed by atoms with Crippen molar-refractivity contribution in [1.29, 1.82) is 0 Å². The average molecular weight is 172 g/mol. The smallest absolute Gasteiger partial charge is 0.181 e. The molecule has 0 fully saturated rings. The maximum Gasteiger partial charge on any atom is 0.181 e. The first-order valence-electron chi connectivity index (χ1n) is 3.91. The third-order valence-corrected chi connectivity index (χ3v) is 1.13. The predicted octanol–water partition coefficient (Wildman–Crippen LogP) is 1.18. The Labute approximate surface area is 73.4 Å². The van der Waals surface area contributed by atoms with Crippen LogP contribution < -0.4 is 0 Å². The largest absolute Gasteiger partial charge is 0.382 e. The molecule has 0 aromatic rings. The topological polar surface area (TPSA) is 35.5 Å². The molecule has 0 aromatic heterocycles. The molecule has 3 nitrogen and oxygen atoms in total. The van der Waals surface area contributed by atoms with Crippen LogP contribution in [0.15, 0.2) is 11.6 Å². The van der Waals surface area contributed by atoms with E-state index in [2.05, 4.69) is 0 Å². The van der Waals surface area contributed by atoms with E-state index in [1.807, 2.05) is 13.8 Å². The van der Waals surface area contributed by atoms with Gasteiger partial charge in [0.1, 0.15) is 6.61 Å². The van der Waals surface area contributed by atoms with Crippen LogP contribution in [0.1, 0.15) is 13.8 Å². The molecule has 12 heavy (non-hydrogen) atoms. The fourth-order valence-electron chi connectivity index (χ4n) is 0.679. The first-order valence-corrected chi connectivity index (χ1v) is 3.91. The zero-order chi connectivity index (χ0) is 9.40. The molecule has 0 atom stereocenters. The molecule has 0 amide bonds. The number of allylic oxidation sites excluding steroid dienone is 1. The second-order valence-corrected chi connectivity index (χ2v) is 2.73. The lowest BCUT2D eigenvalue weighted by Gasteiger charge is -1.99. The minimum absolute atomic E-state index is 0.00565. The zero-order valence-corrected chi connectivity index (χ0v) is 7.92. The molecule has 0 spiro atoms. The van der Waals surface area contributed by atoms with Gasteiger partial charge in [0.25, 0.3) is 0 Å². The van der Waals surface area contributed by atoms with Gasteiger partial charge in [-0.1, -0.05) is 5.57 Å². The standard InChI is InChI=1S/C9H16O3/c1-8(2)6-9(10)7-12-5-4-11-3/h6H,4-5,7H2,1-3H3. The highest BCUT2D eigenvalue weighted by Crippen LogP contribution is 1.89. The number of hydrogen-bond donors (Lipinski definition) is 0. The Hall–Kier alpha value is -0.670. The van der Waals surface area contributed by atoms with Crippen LogP contribution in [0.4, 0.5) is 0 Å². The lowest BCUT2D eigenvalue weighted by Crippen LogP contribution is -2.09. The van der Waals surface area contributed by atoms with Crippen molar-refractivity contribution in [3.05, 3.63) is 11.6 Å². The summed E-state index contributed by atoms with van der Waals surface area (Å²) in [4.78, 5) is 11.0. The van der Waals surface area contributed by atoms with Crippen molar-refractivity contribution >= 4 is 5.78 Å². The van der Waals surface area contributed by atoms with Gasteiger partial charge in [0.2, 0.25) is 0 Å². The average Bonchev–Trinajstić information content (AvgIpc) is 1.97. The van der Waals surface area contributed by atoms with Gasteiger partial charge in [-0.05, 0) is 19.9 Å². The van der Waals surface area contributed by atoms with Crippen molar-refractivity contribution in [2.24, 2.45) is 0 Å². The van der Waals surface area contributed by atoms with Gasteiger partial charge in [-0.15, -0.1) is 0 Å². The normalized spacial score (nSPS) is 9.58. The van der Waals surface area contributed by atoms with E-state index in [1.165, 1.54) is 0 Å². The molecule has 0 aromatic carbocycles. The molecule has 0 radical (unpaired) electrons. The Balaban J connectivity index is 3.39. The third-order valence-electron chi connectivity index (χ3n) is 1.13. The molecule has 0 N–H and O–H groups in total. The van der Waals surface area contributed by atoms with Crippen molar-refractivity contribution in [2.45, 2.75) is 13.8 Å². The monoisotopic (exact) mass is 172 g/mol. The fourth-order valence-corrected chi connectivity index (χ4v) is 0.679. The van der Waals surface area contributed by atoms with Gasteiger partial charge in [-0.2, -0.15) is 0 Å². The summed E-state index contributed by atoms with van der Waals surface area (Å²) in [5, 5.41) is 0. The van der Waals surface area contributed by atoms with E-state index in [1.54, 1.807) is 13.2 Å². The summed E-state index contributed by atoms with van der Waals surface area (Å²) < 4.78 is 9.77. The van der Waals surface area contributed by atoms with Crippen LogP contribution >= 0.6 is 0 Å². The molecule has 70 valence electrons. The van der Waals surface area contributed by atoms with Crippen LogP contribution in [0.2, 0.25) is 0 Å². The quantitative estimate of drug-likeness (QED) is 0.446. The highest BCUT2D eigenvalue weighted by Gasteiger charge is 1.96. The van der Waals surface area contributed by atoms with Crippen LogP contribution in [0, 0.1) is 0 Å². The Morgan fingerprint density at radius 1 is 1.33 bits per heavy atom. The first kappa shape index (κ1) is 11.3. The molecule has 0 unspecified atom stereocenters. The second kappa shape index (κ2) is 7.00. The van der Waals surface area contributed by atoms with Gasteiger partial charge in [0.15, 0.2) is 5.78 Å². The summed E-state index contributed by atoms with van der Waals surface area (Å²) in [7, 11) is 1.60. The van der Waals surface area contributed by atoms with E-state index in [4.69, 9.17) is 9.47 Å². The SMILES string of the molecule is COCCOCC(=O)C=C(C)C. The Bertz CT molecular complexity index is 157. The van der Waals surface area contributed by atoms with Gasteiger partial charge in [0.05, 0.1) is 13.2 Å². The highest BCUT2D eigenvalue weighted by atomic mass is 16.5. The number of carbonyl (C=O) groups excluding carboxylic acids is 1. The summed E-state index contributed by atoms with van der Waals surface area (Å²) >= 11 is 0. The zero-order valence-electron chi connectivity index (χ0n) is 7.92. The minimum atomic E-state index is 0.00565. The molecule has 0 heterocycles. The summed E-state index contributed by atoms with van der Waals surface area (Å²) in [6.45, 7) is 4.91. The maximum atomic E-state index is 11.0. The van der Waals surface area contributed by atoms with Gasteiger partial charge < -0.3 is 9.47 Å². The predicted molar refractivity (Wildman–Crippen MR) is 47.1 cm³/mol. The Kier molecular flexibility index (Phi) is 6.61. The van der Waals surface area contributed by atoms with Crippen molar-refractivity contribution in [2.75, 3.05) is 26.9 Å². The van der Waals surface area contributed by atoms with Gasteiger partial charge in [-0.25, -0.2) is 0 Å².